The van der Waals surface area contributed by atoms with Crippen LogP contribution in [-0.4, -0.2) is 45.2 Å². The Morgan fingerprint density at radius 2 is 2.11 bits per heavy atom. The third-order valence-corrected chi connectivity index (χ3v) is 3.77. The molecule has 0 aromatic heterocycles. The Labute approximate surface area is 114 Å². The smallest absolute Gasteiger partial charge is 0.0700 e. The quantitative estimate of drug-likeness (QED) is 0.690. The molecule has 0 aliphatic heterocycles. The van der Waals surface area contributed by atoms with E-state index in [0.29, 0.717) is 19.8 Å². The van der Waals surface area contributed by atoms with Crippen molar-refractivity contribution in [3.8, 4) is 0 Å². The molecule has 0 saturated heterocycles. The lowest BCUT2D eigenvalue weighted by molar-refractivity contribution is 0.0648. The summed E-state index contributed by atoms with van der Waals surface area (Å²) < 4.78 is 10.4. The van der Waals surface area contributed by atoms with E-state index in [4.69, 9.17) is 9.47 Å². The van der Waals surface area contributed by atoms with Gasteiger partial charge in [0.25, 0.3) is 0 Å². The van der Waals surface area contributed by atoms with Gasteiger partial charge < -0.3 is 19.9 Å². The van der Waals surface area contributed by atoms with E-state index in [-0.39, 0.29) is 12.1 Å². The highest BCUT2D eigenvalue weighted by Crippen LogP contribution is 2.36. The van der Waals surface area contributed by atoms with Gasteiger partial charge in [0.2, 0.25) is 0 Å². The van der Waals surface area contributed by atoms with E-state index in [1.165, 1.54) is 11.1 Å². The number of aliphatic hydroxyl groups is 1. The summed E-state index contributed by atoms with van der Waals surface area (Å²) in [5.74, 6) is 0. The second-order valence-electron chi connectivity index (χ2n) is 4.93. The Kier molecular flexibility index (Phi) is 5.34. The van der Waals surface area contributed by atoms with Gasteiger partial charge in [-0.3, -0.25) is 0 Å². The van der Waals surface area contributed by atoms with E-state index < -0.39 is 0 Å². The number of aryl methyl sites for hydroxylation is 1. The number of nitrogens with one attached hydrogen (secondary N) is 1. The van der Waals surface area contributed by atoms with Crippen LogP contribution in [-0.2, 0) is 21.4 Å². The van der Waals surface area contributed by atoms with Gasteiger partial charge in [-0.25, -0.2) is 0 Å². The molecule has 1 aromatic rings. The second-order valence-corrected chi connectivity index (χ2v) is 4.93. The van der Waals surface area contributed by atoms with Gasteiger partial charge in [-0.05, 0) is 24.0 Å². The van der Waals surface area contributed by atoms with E-state index in [1.54, 1.807) is 7.11 Å². The first-order valence-electron chi connectivity index (χ1n) is 6.83. The molecule has 0 saturated carbocycles. The Morgan fingerprint density at radius 1 is 1.26 bits per heavy atom. The Morgan fingerprint density at radius 3 is 2.89 bits per heavy atom. The van der Waals surface area contributed by atoms with Crippen LogP contribution in [0.5, 0.6) is 0 Å². The van der Waals surface area contributed by atoms with Gasteiger partial charge >= 0.3 is 0 Å². The highest BCUT2D eigenvalue weighted by molar-refractivity contribution is 5.38. The minimum atomic E-state index is -0.290. The molecule has 19 heavy (non-hydrogen) atoms. The molecule has 1 unspecified atom stereocenters. The van der Waals surface area contributed by atoms with Crippen molar-refractivity contribution in [1.82, 2.24) is 5.32 Å². The van der Waals surface area contributed by atoms with Crippen LogP contribution in [0.25, 0.3) is 0 Å². The van der Waals surface area contributed by atoms with Crippen LogP contribution in [0.15, 0.2) is 24.3 Å². The molecule has 0 radical (unpaired) electrons. The van der Waals surface area contributed by atoms with Crippen molar-refractivity contribution < 1.29 is 14.6 Å². The molecule has 4 nitrogen and oxygen atoms in total. The molecular weight excluding hydrogens is 242 g/mol. The predicted molar refractivity (Wildman–Crippen MR) is 74.2 cm³/mol. The van der Waals surface area contributed by atoms with Crippen molar-refractivity contribution in [2.45, 2.75) is 18.4 Å². The van der Waals surface area contributed by atoms with Gasteiger partial charge in [-0.2, -0.15) is 0 Å². The molecule has 0 bridgehead atoms. The summed E-state index contributed by atoms with van der Waals surface area (Å²) in [6.07, 6.45) is 1.97. The van der Waals surface area contributed by atoms with Crippen molar-refractivity contribution in [1.29, 1.82) is 0 Å². The maximum Gasteiger partial charge on any atom is 0.0700 e. The van der Waals surface area contributed by atoms with Gasteiger partial charge in [0.15, 0.2) is 0 Å². The van der Waals surface area contributed by atoms with Gasteiger partial charge in [-0.1, -0.05) is 24.3 Å². The highest BCUT2D eigenvalue weighted by Gasteiger charge is 2.37. The lowest BCUT2D eigenvalue weighted by Crippen LogP contribution is -2.45. The van der Waals surface area contributed by atoms with Gasteiger partial charge in [0.1, 0.15) is 0 Å². The van der Waals surface area contributed by atoms with Crippen molar-refractivity contribution in [3.05, 3.63) is 35.4 Å². The third kappa shape index (κ3) is 3.34. The van der Waals surface area contributed by atoms with Crippen LogP contribution >= 0.6 is 0 Å². The van der Waals surface area contributed by atoms with Crippen LogP contribution in [0.1, 0.15) is 17.5 Å². The van der Waals surface area contributed by atoms with Crippen LogP contribution < -0.4 is 5.32 Å². The van der Waals surface area contributed by atoms with Gasteiger partial charge in [0.05, 0.1) is 32.0 Å². The minimum absolute atomic E-state index is 0.127. The first kappa shape index (κ1) is 14.5. The molecule has 1 atom stereocenters. The second kappa shape index (κ2) is 7.01. The zero-order valence-corrected chi connectivity index (χ0v) is 11.5. The molecule has 0 spiro atoms. The molecule has 0 amide bonds. The maximum atomic E-state index is 9.78. The summed E-state index contributed by atoms with van der Waals surface area (Å²) in [5, 5.41) is 13.2. The molecular formula is C15H23NO3. The van der Waals surface area contributed by atoms with Crippen molar-refractivity contribution in [3.63, 3.8) is 0 Å². The Balaban J connectivity index is 1.87. The first-order valence-corrected chi connectivity index (χ1v) is 6.83. The molecule has 2 N–H and O–H groups in total. The van der Waals surface area contributed by atoms with Crippen molar-refractivity contribution in [2.24, 2.45) is 0 Å². The summed E-state index contributed by atoms with van der Waals surface area (Å²) in [6, 6.07) is 8.34. The van der Waals surface area contributed by atoms with E-state index in [0.717, 1.165) is 19.4 Å². The summed E-state index contributed by atoms with van der Waals surface area (Å²) >= 11 is 0. The number of hydrogen-bond donors (Lipinski definition) is 2. The zero-order chi connectivity index (χ0) is 13.6. The largest absolute Gasteiger partial charge is 0.394 e. The Hall–Kier alpha value is -0.940. The van der Waals surface area contributed by atoms with Gasteiger partial charge in [-0.15, -0.1) is 0 Å². The van der Waals surface area contributed by atoms with Crippen LogP contribution in [0.3, 0.4) is 0 Å². The summed E-state index contributed by atoms with van der Waals surface area (Å²) in [5.41, 5.74) is 2.28. The number of aliphatic hydroxyl groups excluding tert-OH is 1. The lowest BCUT2D eigenvalue weighted by atomic mass is 9.93. The zero-order valence-electron chi connectivity index (χ0n) is 11.5. The molecule has 2 rings (SSSR count). The van der Waals surface area contributed by atoms with Gasteiger partial charge in [0, 0.05) is 13.7 Å². The average Bonchev–Trinajstić information content (AvgIpc) is 2.83. The topological polar surface area (TPSA) is 50.7 Å². The first-order chi connectivity index (χ1) is 9.32. The number of benzene rings is 1. The van der Waals surface area contributed by atoms with E-state index in [9.17, 15) is 5.11 Å². The minimum Gasteiger partial charge on any atom is -0.394 e. The monoisotopic (exact) mass is 265 g/mol. The number of hydrogen-bond acceptors (Lipinski definition) is 4. The maximum absolute atomic E-state index is 9.78. The fraction of sp³-hybridized carbons (Fsp3) is 0.600. The Bertz CT molecular complexity index is 397. The molecule has 0 heterocycles. The predicted octanol–water partition coefficient (Wildman–Crippen LogP) is 1.07. The average molecular weight is 265 g/mol. The van der Waals surface area contributed by atoms with E-state index in [2.05, 4.69) is 23.5 Å². The fourth-order valence-electron chi connectivity index (χ4n) is 2.70. The summed E-state index contributed by atoms with van der Waals surface area (Å²) in [7, 11) is 1.66. The molecule has 4 heteroatoms. The number of rotatable bonds is 8. The third-order valence-electron chi connectivity index (χ3n) is 3.77. The van der Waals surface area contributed by atoms with Crippen LogP contribution in [0.4, 0.5) is 0 Å². The molecule has 1 aromatic carbocycles. The highest BCUT2D eigenvalue weighted by atomic mass is 16.5. The number of methoxy groups -OCH3 is 1. The van der Waals surface area contributed by atoms with Crippen LogP contribution in [0.2, 0.25) is 0 Å². The molecule has 1 aliphatic carbocycles. The summed E-state index contributed by atoms with van der Waals surface area (Å²) in [6.45, 7) is 2.73. The number of ether oxygens (including phenoxy) is 2. The van der Waals surface area contributed by atoms with Crippen molar-refractivity contribution >= 4 is 0 Å². The standard InChI is InChI=1S/C15H23NO3/c1-18-10-11-19-9-8-16-15(12-17)7-6-13-4-2-3-5-14(13)15/h2-5,16-17H,6-12H2,1H3. The van der Waals surface area contributed by atoms with Crippen molar-refractivity contribution in [2.75, 3.05) is 40.1 Å². The van der Waals surface area contributed by atoms with Crippen LogP contribution in [0, 0.1) is 0 Å². The fourth-order valence-corrected chi connectivity index (χ4v) is 2.70. The molecule has 1 aliphatic rings. The summed E-state index contributed by atoms with van der Waals surface area (Å²) in [4.78, 5) is 0. The van der Waals surface area contributed by atoms with E-state index >= 15 is 0 Å². The molecule has 106 valence electrons. The molecule has 0 fully saturated rings. The normalized spacial score (nSPS) is 21.6. The lowest BCUT2D eigenvalue weighted by Gasteiger charge is -2.29. The number of fused-ring (bicyclic) bond motifs is 1. The SMILES string of the molecule is COCCOCCNC1(CO)CCc2ccccc21. The van der Waals surface area contributed by atoms with E-state index in [1.807, 2.05) is 6.07 Å².